The van der Waals surface area contributed by atoms with E-state index >= 15 is 0 Å². The lowest BCUT2D eigenvalue weighted by atomic mass is 10.0. The molecular formula is C42H78NO8P. The first-order valence-electron chi connectivity index (χ1n) is 21.0. The molecule has 0 saturated heterocycles. The Labute approximate surface area is 318 Å². The number of phosphoric acid groups is 1. The summed E-state index contributed by atoms with van der Waals surface area (Å²) in [5.41, 5.74) is 5.34. The first-order chi connectivity index (χ1) is 25.3. The van der Waals surface area contributed by atoms with Crippen LogP contribution in [0.3, 0.4) is 0 Å². The van der Waals surface area contributed by atoms with E-state index in [-0.39, 0.29) is 38.6 Å². The Morgan fingerprint density at radius 3 is 1.56 bits per heavy atom. The van der Waals surface area contributed by atoms with Crippen LogP contribution >= 0.6 is 7.82 Å². The van der Waals surface area contributed by atoms with Gasteiger partial charge in [0.05, 0.1) is 13.2 Å². The maximum atomic E-state index is 12.5. The fourth-order valence-electron chi connectivity index (χ4n) is 5.75. The first kappa shape index (κ1) is 50.2. The van der Waals surface area contributed by atoms with E-state index in [1.165, 1.54) is 96.3 Å². The Balaban J connectivity index is 4.13. The second-order valence-corrected chi connectivity index (χ2v) is 15.4. The van der Waals surface area contributed by atoms with Gasteiger partial charge in [0.15, 0.2) is 6.10 Å². The second-order valence-electron chi connectivity index (χ2n) is 13.9. The fourth-order valence-corrected chi connectivity index (χ4v) is 6.52. The quantitative estimate of drug-likeness (QED) is 0.0272. The van der Waals surface area contributed by atoms with Gasteiger partial charge >= 0.3 is 19.8 Å². The van der Waals surface area contributed by atoms with Crippen LogP contribution in [0.4, 0.5) is 0 Å². The minimum atomic E-state index is -4.38. The molecule has 9 nitrogen and oxygen atoms in total. The molecule has 0 aromatic heterocycles. The Bertz CT molecular complexity index is 954. The van der Waals surface area contributed by atoms with E-state index in [0.717, 1.165) is 57.8 Å². The van der Waals surface area contributed by atoms with Crippen LogP contribution in [0.5, 0.6) is 0 Å². The molecule has 10 heteroatoms. The van der Waals surface area contributed by atoms with Crippen molar-refractivity contribution in [3.05, 3.63) is 36.5 Å². The zero-order chi connectivity index (χ0) is 38.2. The van der Waals surface area contributed by atoms with Gasteiger partial charge in [-0.1, -0.05) is 179 Å². The van der Waals surface area contributed by atoms with Crippen molar-refractivity contribution in [2.75, 3.05) is 26.4 Å². The largest absolute Gasteiger partial charge is 0.472 e. The van der Waals surface area contributed by atoms with Gasteiger partial charge in [0.1, 0.15) is 6.61 Å². The number of hydrogen-bond acceptors (Lipinski definition) is 8. The molecule has 0 saturated carbocycles. The van der Waals surface area contributed by atoms with Gasteiger partial charge in [-0.25, -0.2) is 4.57 Å². The number of ether oxygens (including phenoxy) is 2. The van der Waals surface area contributed by atoms with E-state index in [0.29, 0.717) is 6.42 Å². The summed E-state index contributed by atoms with van der Waals surface area (Å²) < 4.78 is 32.7. The van der Waals surface area contributed by atoms with Gasteiger partial charge in [-0.05, 0) is 32.1 Å². The highest BCUT2D eigenvalue weighted by Crippen LogP contribution is 2.43. The molecule has 0 aliphatic carbocycles. The maximum Gasteiger partial charge on any atom is 0.472 e. The monoisotopic (exact) mass is 756 g/mol. The Kier molecular flexibility index (Phi) is 37.6. The van der Waals surface area contributed by atoms with Crippen molar-refractivity contribution < 1.29 is 37.6 Å². The number of phosphoric ester groups is 1. The minimum Gasteiger partial charge on any atom is -0.462 e. The van der Waals surface area contributed by atoms with Crippen molar-refractivity contribution in [1.82, 2.24) is 0 Å². The topological polar surface area (TPSA) is 134 Å². The molecule has 0 aliphatic rings. The van der Waals surface area contributed by atoms with Crippen LogP contribution in [0.25, 0.3) is 0 Å². The van der Waals surface area contributed by atoms with E-state index < -0.39 is 26.5 Å². The van der Waals surface area contributed by atoms with Gasteiger partial charge in [-0.15, -0.1) is 0 Å². The second kappa shape index (κ2) is 38.9. The number of carbonyl (C=O) groups is 2. The van der Waals surface area contributed by atoms with Gasteiger partial charge < -0.3 is 20.1 Å². The van der Waals surface area contributed by atoms with Gasteiger partial charge in [0.25, 0.3) is 0 Å². The molecule has 0 aliphatic heterocycles. The molecule has 0 aromatic carbocycles. The number of esters is 2. The van der Waals surface area contributed by atoms with Crippen molar-refractivity contribution in [2.24, 2.45) is 5.73 Å². The number of unbranched alkanes of at least 4 members (excludes halogenated alkanes) is 22. The van der Waals surface area contributed by atoms with Crippen LogP contribution in [-0.4, -0.2) is 49.3 Å². The molecule has 0 rings (SSSR count). The van der Waals surface area contributed by atoms with Gasteiger partial charge in [0, 0.05) is 19.4 Å². The summed E-state index contributed by atoms with van der Waals surface area (Å²) in [6.07, 6.45) is 41.8. The molecule has 2 unspecified atom stereocenters. The average Bonchev–Trinajstić information content (AvgIpc) is 3.13. The van der Waals surface area contributed by atoms with E-state index in [1.807, 2.05) is 18.2 Å². The minimum absolute atomic E-state index is 0.0500. The number of nitrogens with two attached hydrogens (primary N) is 1. The van der Waals surface area contributed by atoms with E-state index in [9.17, 15) is 19.0 Å². The average molecular weight is 756 g/mol. The highest BCUT2D eigenvalue weighted by atomic mass is 31.2. The van der Waals surface area contributed by atoms with Crippen molar-refractivity contribution in [2.45, 2.75) is 193 Å². The Morgan fingerprint density at radius 2 is 1.06 bits per heavy atom. The molecule has 0 bridgehead atoms. The summed E-state index contributed by atoms with van der Waals surface area (Å²) in [4.78, 5) is 34.8. The lowest BCUT2D eigenvalue weighted by Gasteiger charge is -2.19. The maximum absolute atomic E-state index is 12.5. The van der Waals surface area contributed by atoms with Crippen LogP contribution in [0.15, 0.2) is 36.5 Å². The van der Waals surface area contributed by atoms with Crippen molar-refractivity contribution in [1.29, 1.82) is 0 Å². The summed E-state index contributed by atoms with van der Waals surface area (Å²) in [5, 5.41) is 0. The van der Waals surface area contributed by atoms with Crippen LogP contribution in [0.2, 0.25) is 0 Å². The normalized spacial score (nSPS) is 13.7. The smallest absolute Gasteiger partial charge is 0.462 e. The molecule has 0 spiro atoms. The molecule has 52 heavy (non-hydrogen) atoms. The summed E-state index contributed by atoms with van der Waals surface area (Å²) in [6.45, 7) is 3.58. The number of rotatable bonds is 39. The first-order valence-corrected chi connectivity index (χ1v) is 22.5. The van der Waals surface area contributed by atoms with Crippen molar-refractivity contribution in [3.63, 3.8) is 0 Å². The molecule has 0 amide bonds. The molecule has 0 radical (unpaired) electrons. The SMILES string of the molecule is CC/C=C/C=C/C=C/CCCCCCCC(=O)OC(COC(=O)CCCCCCCCCCCCCCCCCCCC)COP(=O)(O)OCCN. The predicted molar refractivity (Wildman–Crippen MR) is 215 cm³/mol. The molecular weight excluding hydrogens is 677 g/mol. The third kappa shape index (κ3) is 38.0. The van der Waals surface area contributed by atoms with Crippen molar-refractivity contribution >= 4 is 19.8 Å². The van der Waals surface area contributed by atoms with Crippen LogP contribution in [-0.2, 0) is 32.7 Å². The summed E-state index contributed by atoms with van der Waals surface area (Å²) in [5.74, 6) is -0.848. The van der Waals surface area contributed by atoms with Gasteiger partial charge in [0.2, 0.25) is 0 Å². The van der Waals surface area contributed by atoms with Crippen LogP contribution in [0.1, 0.15) is 187 Å². The third-order valence-corrected chi connectivity index (χ3v) is 9.84. The molecule has 0 fully saturated rings. The zero-order valence-corrected chi connectivity index (χ0v) is 34.2. The molecule has 0 heterocycles. The molecule has 3 N–H and O–H groups in total. The molecule has 0 aromatic rings. The van der Waals surface area contributed by atoms with Crippen molar-refractivity contribution in [3.8, 4) is 0 Å². The molecule has 304 valence electrons. The Hall–Kier alpha value is -1.77. The third-order valence-electron chi connectivity index (χ3n) is 8.85. The number of carbonyl (C=O) groups excluding carboxylic acids is 2. The highest BCUT2D eigenvalue weighted by molar-refractivity contribution is 7.47. The predicted octanol–water partition coefficient (Wildman–Crippen LogP) is 11.8. The molecule has 2 atom stereocenters. The summed E-state index contributed by atoms with van der Waals surface area (Å²) in [6, 6.07) is 0. The van der Waals surface area contributed by atoms with E-state index in [4.69, 9.17) is 24.3 Å². The van der Waals surface area contributed by atoms with Crippen LogP contribution in [0, 0.1) is 0 Å². The lowest BCUT2D eigenvalue weighted by molar-refractivity contribution is -0.161. The number of hydrogen-bond donors (Lipinski definition) is 2. The standard InChI is InChI=1S/C42H78NO8P/c1-3-5-7-9-11-13-15-17-18-19-20-21-23-24-26-28-30-32-34-41(44)48-38-40(39-50-52(46,47)49-37-36-43)51-42(45)35-33-31-29-27-25-22-16-14-12-10-8-6-4-2/h6,8,10,12,14,16,40H,3-5,7,9,11,13,15,17-39,43H2,1-2H3,(H,46,47)/b8-6+,12-10+,16-14+. The van der Waals surface area contributed by atoms with Gasteiger partial charge in [-0.3, -0.25) is 18.6 Å². The fraction of sp³-hybridized carbons (Fsp3) is 0.810. The summed E-state index contributed by atoms with van der Waals surface area (Å²) in [7, 11) is -4.38. The summed E-state index contributed by atoms with van der Waals surface area (Å²) >= 11 is 0. The zero-order valence-electron chi connectivity index (χ0n) is 33.3. The van der Waals surface area contributed by atoms with E-state index in [2.05, 4.69) is 32.1 Å². The Morgan fingerprint density at radius 1 is 0.596 bits per heavy atom. The lowest BCUT2D eigenvalue weighted by Crippen LogP contribution is -2.29. The highest BCUT2D eigenvalue weighted by Gasteiger charge is 2.26. The van der Waals surface area contributed by atoms with Gasteiger partial charge in [-0.2, -0.15) is 0 Å². The van der Waals surface area contributed by atoms with E-state index in [1.54, 1.807) is 0 Å². The van der Waals surface area contributed by atoms with Crippen LogP contribution < -0.4 is 5.73 Å². The number of allylic oxidation sites excluding steroid dienone is 6.